The molecule has 0 radical (unpaired) electrons. The van der Waals surface area contributed by atoms with Crippen LogP contribution in [0, 0.1) is 0 Å². The van der Waals surface area contributed by atoms with Crippen molar-refractivity contribution in [1.82, 2.24) is 0 Å². The minimum Gasteiger partial charge on any atom is -0.392 e. The largest absolute Gasteiger partial charge is 0.392 e. The molecule has 0 heterocycles. The first-order valence-electron chi connectivity index (χ1n) is 3.79. The van der Waals surface area contributed by atoms with Crippen molar-refractivity contribution in [1.29, 1.82) is 0 Å². The van der Waals surface area contributed by atoms with Gasteiger partial charge in [0.2, 0.25) is 0 Å². The molecule has 0 atom stereocenters. The number of alkyl halides is 1. The van der Waals surface area contributed by atoms with Crippen LogP contribution in [0.15, 0.2) is 30.3 Å². The summed E-state index contributed by atoms with van der Waals surface area (Å²) in [5, 5.41) is 9.81. The summed E-state index contributed by atoms with van der Waals surface area (Å²) >= 11 is 3.30. The lowest BCUT2D eigenvalue weighted by atomic mass is 10.1. The average molecular weight is 227 g/mol. The summed E-state index contributed by atoms with van der Waals surface area (Å²) in [5.41, 5.74) is 2.05. The smallest absolute Gasteiger partial charge is 0.0687 e. The van der Waals surface area contributed by atoms with Crippen molar-refractivity contribution in [2.24, 2.45) is 0 Å². The maximum Gasteiger partial charge on any atom is 0.0687 e. The van der Waals surface area contributed by atoms with E-state index in [0.717, 1.165) is 16.5 Å². The summed E-state index contributed by atoms with van der Waals surface area (Å²) in [4.78, 5) is 0. The molecule has 0 aliphatic carbocycles. The minimum atomic E-state index is 0.1000. The molecule has 1 aromatic carbocycles. The zero-order valence-corrected chi connectivity index (χ0v) is 8.29. The van der Waals surface area contributed by atoms with Gasteiger partial charge in [0.25, 0.3) is 0 Å². The first-order chi connectivity index (χ1) is 5.88. The van der Waals surface area contributed by atoms with Crippen molar-refractivity contribution in [3.63, 3.8) is 0 Å². The van der Waals surface area contributed by atoms with Gasteiger partial charge < -0.3 is 5.11 Å². The van der Waals surface area contributed by atoms with Gasteiger partial charge in [-0.2, -0.15) is 0 Å². The van der Waals surface area contributed by atoms with Crippen LogP contribution in [0.4, 0.5) is 0 Å². The molecule has 2 heteroatoms. The molecule has 0 aliphatic heterocycles. The zero-order valence-electron chi connectivity index (χ0n) is 6.70. The zero-order chi connectivity index (χ0) is 8.81. The molecule has 1 nitrogen and oxygen atoms in total. The molecular weight excluding hydrogens is 216 g/mol. The SMILES string of the molecule is OCc1ccccc1C=CCBr. The summed E-state index contributed by atoms with van der Waals surface area (Å²) in [7, 11) is 0. The van der Waals surface area contributed by atoms with Gasteiger partial charge in [-0.1, -0.05) is 52.3 Å². The van der Waals surface area contributed by atoms with Crippen molar-refractivity contribution < 1.29 is 5.11 Å². The lowest BCUT2D eigenvalue weighted by Gasteiger charge is -2.00. The van der Waals surface area contributed by atoms with Gasteiger partial charge in [-0.3, -0.25) is 0 Å². The Labute approximate surface area is 80.9 Å². The first kappa shape index (κ1) is 9.49. The van der Waals surface area contributed by atoms with E-state index >= 15 is 0 Å². The Morgan fingerprint density at radius 2 is 2.08 bits per heavy atom. The van der Waals surface area contributed by atoms with E-state index in [1.165, 1.54) is 0 Å². The molecule has 1 N–H and O–H groups in total. The maximum atomic E-state index is 8.97. The van der Waals surface area contributed by atoms with E-state index in [9.17, 15) is 0 Å². The Morgan fingerprint density at radius 1 is 1.33 bits per heavy atom. The summed E-state index contributed by atoms with van der Waals surface area (Å²) in [6.45, 7) is 0.1000. The molecule has 0 amide bonds. The van der Waals surface area contributed by atoms with Crippen LogP contribution < -0.4 is 0 Å². The van der Waals surface area contributed by atoms with Gasteiger partial charge in [0.15, 0.2) is 0 Å². The number of rotatable bonds is 3. The van der Waals surface area contributed by atoms with Crippen LogP contribution in [0.25, 0.3) is 6.08 Å². The number of allylic oxidation sites excluding steroid dienone is 1. The van der Waals surface area contributed by atoms with Crippen molar-refractivity contribution in [2.75, 3.05) is 5.33 Å². The number of aliphatic hydroxyl groups is 1. The molecule has 0 fully saturated rings. The lowest BCUT2D eigenvalue weighted by Crippen LogP contribution is -1.86. The van der Waals surface area contributed by atoms with E-state index in [2.05, 4.69) is 15.9 Å². The second-order valence-corrected chi connectivity index (χ2v) is 3.06. The van der Waals surface area contributed by atoms with Crippen LogP contribution in [0.3, 0.4) is 0 Å². The first-order valence-corrected chi connectivity index (χ1v) is 4.92. The molecule has 0 saturated heterocycles. The standard InChI is InChI=1S/C10H11BrO/c11-7-3-6-9-4-1-2-5-10(9)8-12/h1-6,12H,7-8H2. The summed E-state index contributed by atoms with van der Waals surface area (Å²) in [6, 6.07) is 7.81. The Balaban J connectivity index is 2.89. The van der Waals surface area contributed by atoms with Crippen molar-refractivity contribution in [3.05, 3.63) is 41.5 Å². The number of aliphatic hydroxyl groups excluding tert-OH is 1. The Hall–Kier alpha value is -0.600. The number of hydrogen-bond donors (Lipinski definition) is 1. The maximum absolute atomic E-state index is 8.97. The molecule has 0 saturated carbocycles. The highest BCUT2D eigenvalue weighted by molar-refractivity contribution is 9.09. The second-order valence-electron chi connectivity index (χ2n) is 2.41. The quantitative estimate of drug-likeness (QED) is 0.787. The fraction of sp³-hybridized carbons (Fsp3) is 0.200. The van der Waals surface area contributed by atoms with Crippen LogP contribution >= 0.6 is 15.9 Å². The third-order valence-electron chi connectivity index (χ3n) is 1.61. The molecule has 0 unspecified atom stereocenters. The van der Waals surface area contributed by atoms with E-state index in [-0.39, 0.29) is 6.61 Å². The van der Waals surface area contributed by atoms with Crippen molar-refractivity contribution >= 4 is 22.0 Å². The third-order valence-corrected chi connectivity index (χ3v) is 1.99. The van der Waals surface area contributed by atoms with E-state index in [1.54, 1.807) is 0 Å². The minimum absolute atomic E-state index is 0.1000. The summed E-state index contributed by atoms with van der Waals surface area (Å²) < 4.78 is 0. The van der Waals surface area contributed by atoms with Gasteiger partial charge in [-0.25, -0.2) is 0 Å². The molecule has 0 aliphatic rings. The number of benzene rings is 1. The van der Waals surface area contributed by atoms with Crippen LogP contribution in [0.1, 0.15) is 11.1 Å². The molecule has 1 aromatic rings. The van der Waals surface area contributed by atoms with Gasteiger partial charge in [-0.05, 0) is 11.1 Å². The van der Waals surface area contributed by atoms with E-state index in [0.29, 0.717) is 0 Å². The summed E-state index contributed by atoms with van der Waals surface area (Å²) in [5.74, 6) is 0. The Bertz CT molecular complexity index is 268. The van der Waals surface area contributed by atoms with E-state index < -0.39 is 0 Å². The fourth-order valence-corrected chi connectivity index (χ4v) is 1.20. The number of hydrogen-bond acceptors (Lipinski definition) is 1. The Kier molecular flexibility index (Phi) is 4.05. The predicted octanol–water partition coefficient (Wildman–Crippen LogP) is 2.59. The van der Waals surface area contributed by atoms with Crippen LogP contribution in [-0.2, 0) is 6.61 Å². The van der Waals surface area contributed by atoms with Crippen molar-refractivity contribution in [3.8, 4) is 0 Å². The van der Waals surface area contributed by atoms with Gasteiger partial charge in [0.05, 0.1) is 6.61 Å². The molecule has 12 heavy (non-hydrogen) atoms. The molecular formula is C10H11BrO. The fourth-order valence-electron chi connectivity index (χ4n) is 1.01. The van der Waals surface area contributed by atoms with Crippen molar-refractivity contribution in [2.45, 2.75) is 6.61 Å². The third kappa shape index (κ3) is 2.47. The predicted molar refractivity (Wildman–Crippen MR) is 55.2 cm³/mol. The second kappa shape index (κ2) is 5.12. The van der Waals surface area contributed by atoms with Gasteiger partial charge in [-0.15, -0.1) is 0 Å². The van der Waals surface area contributed by atoms with Crippen LogP contribution in [0.5, 0.6) is 0 Å². The highest BCUT2D eigenvalue weighted by Gasteiger charge is 1.94. The lowest BCUT2D eigenvalue weighted by molar-refractivity contribution is 0.281. The monoisotopic (exact) mass is 226 g/mol. The number of halogens is 1. The van der Waals surface area contributed by atoms with Crippen LogP contribution in [-0.4, -0.2) is 10.4 Å². The Morgan fingerprint density at radius 3 is 2.75 bits per heavy atom. The molecule has 64 valence electrons. The average Bonchev–Trinajstić information content (AvgIpc) is 2.15. The molecule has 0 spiro atoms. The topological polar surface area (TPSA) is 20.2 Å². The molecule has 1 rings (SSSR count). The molecule has 0 bridgehead atoms. The van der Waals surface area contributed by atoms with E-state index in [4.69, 9.17) is 5.11 Å². The van der Waals surface area contributed by atoms with Gasteiger partial charge in [0.1, 0.15) is 0 Å². The highest BCUT2D eigenvalue weighted by Crippen LogP contribution is 2.10. The van der Waals surface area contributed by atoms with Gasteiger partial charge >= 0.3 is 0 Å². The van der Waals surface area contributed by atoms with Gasteiger partial charge in [0, 0.05) is 5.33 Å². The summed E-state index contributed by atoms with van der Waals surface area (Å²) in [6.07, 6.45) is 4.01. The normalized spacial score (nSPS) is 10.8. The molecule has 0 aromatic heterocycles. The van der Waals surface area contributed by atoms with Crippen LogP contribution in [0.2, 0.25) is 0 Å². The van der Waals surface area contributed by atoms with E-state index in [1.807, 2.05) is 36.4 Å². The highest BCUT2D eigenvalue weighted by atomic mass is 79.9.